The number of aromatic hydroxyl groups is 1. The number of benzene rings is 2. The molecule has 2 aliphatic carbocycles. The van der Waals surface area contributed by atoms with E-state index in [0.717, 1.165) is 35.1 Å². The summed E-state index contributed by atoms with van der Waals surface area (Å²) in [5, 5.41) is 10.1. The summed E-state index contributed by atoms with van der Waals surface area (Å²) in [5.74, 6) is -3.02. The normalized spacial score (nSPS) is 21.4. The Balaban J connectivity index is 1.56. The minimum atomic E-state index is -3.31. The first-order valence-corrected chi connectivity index (χ1v) is 12.7. The molecule has 4 rings (SSSR count). The van der Waals surface area contributed by atoms with Crippen LogP contribution in [0.3, 0.4) is 0 Å². The van der Waals surface area contributed by atoms with Crippen LogP contribution in [0, 0.1) is 6.92 Å². The highest BCUT2D eigenvalue weighted by molar-refractivity contribution is 7.53. The average Bonchev–Trinajstić information content (AvgIpc) is 3.16. The van der Waals surface area contributed by atoms with Gasteiger partial charge in [0.05, 0.1) is 19.1 Å². The number of halogens is 2. The lowest BCUT2D eigenvalue weighted by Crippen LogP contribution is -2.06. The minimum Gasteiger partial charge on any atom is -0.508 e. The third kappa shape index (κ3) is 4.57. The van der Waals surface area contributed by atoms with Crippen LogP contribution < -0.4 is 4.74 Å². The van der Waals surface area contributed by atoms with E-state index in [9.17, 15) is 18.5 Å². The highest BCUT2D eigenvalue weighted by atomic mass is 31.2. The molecule has 2 unspecified atom stereocenters. The summed E-state index contributed by atoms with van der Waals surface area (Å²) in [6.45, 7) is 6.04. The molecule has 0 saturated heterocycles. The van der Waals surface area contributed by atoms with Gasteiger partial charge in [-0.15, -0.1) is 0 Å². The largest absolute Gasteiger partial charge is 0.508 e. The van der Waals surface area contributed by atoms with E-state index in [1.54, 1.807) is 19.9 Å². The highest BCUT2D eigenvalue weighted by Crippen LogP contribution is 2.58. The van der Waals surface area contributed by atoms with E-state index in [0.29, 0.717) is 11.3 Å². The second kappa shape index (κ2) is 8.77. The zero-order chi connectivity index (χ0) is 23.1. The number of phenolic OH excluding ortho intramolecular Hbond substituents is 1. The Morgan fingerprint density at radius 2 is 1.84 bits per heavy atom. The SMILES string of the molecule is CCOP(=O)(COc1cc(C)c2c(c1)CCC2c1ccc(O)c(C2CC2(F)F)c1)OCC. The van der Waals surface area contributed by atoms with E-state index < -0.39 is 19.4 Å². The molecule has 2 atom stereocenters. The van der Waals surface area contributed by atoms with Gasteiger partial charge in [-0.25, -0.2) is 8.78 Å². The van der Waals surface area contributed by atoms with Gasteiger partial charge in [-0.05, 0) is 74.1 Å². The Morgan fingerprint density at radius 1 is 1.16 bits per heavy atom. The molecule has 8 heteroatoms. The third-order valence-electron chi connectivity index (χ3n) is 6.19. The standard InChI is InChI=1S/C24H29F2O5P/c1-4-30-32(28,31-5-2)14-29-18-10-15(3)23-17(11-18)6-8-19(23)16-7-9-22(27)20(12-16)21-13-24(21,25)26/h7,9-12,19,21,27H,4-6,8,13-14H2,1-3H3. The molecule has 32 heavy (non-hydrogen) atoms. The van der Waals surface area contributed by atoms with E-state index >= 15 is 0 Å². The zero-order valence-corrected chi connectivity index (χ0v) is 19.5. The topological polar surface area (TPSA) is 65.0 Å². The molecule has 174 valence electrons. The maximum atomic E-state index is 13.6. The van der Waals surface area contributed by atoms with Crippen molar-refractivity contribution in [3.8, 4) is 11.5 Å². The smallest absolute Gasteiger partial charge is 0.367 e. The molecule has 1 N–H and O–H groups in total. The van der Waals surface area contributed by atoms with Gasteiger partial charge >= 0.3 is 7.60 Å². The molecule has 0 aromatic heterocycles. The van der Waals surface area contributed by atoms with Gasteiger partial charge in [0.15, 0.2) is 6.35 Å². The van der Waals surface area contributed by atoms with E-state index in [2.05, 4.69) is 0 Å². The van der Waals surface area contributed by atoms with Crippen molar-refractivity contribution in [2.45, 2.75) is 57.8 Å². The first kappa shape index (κ1) is 23.2. The Bertz CT molecular complexity index is 1040. The Hall–Kier alpha value is -1.95. The van der Waals surface area contributed by atoms with Crippen LogP contribution >= 0.6 is 7.60 Å². The highest BCUT2D eigenvalue weighted by Gasteiger charge is 2.58. The van der Waals surface area contributed by atoms with Gasteiger partial charge in [-0.1, -0.05) is 12.1 Å². The first-order valence-electron chi connectivity index (χ1n) is 11.0. The van der Waals surface area contributed by atoms with Crippen molar-refractivity contribution in [2.75, 3.05) is 19.6 Å². The Morgan fingerprint density at radius 3 is 2.47 bits per heavy atom. The van der Waals surface area contributed by atoms with Gasteiger partial charge in [0, 0.05) is 17.9 Å². The summed E-state index contributed by atoms with van der Waals surface area (Å²) >= 11 is 0. The molecular formula is C24H29F2O5P. The fourth-order valence-corrected chi connectivity index (χ4v) is 6.00. The van der Waals surface area contributed by atoms with Crippen molar-refractivity contribution in [3.63, 3.8) is 0 Å². The van der Waals surface area contributed by atoms with Crippen LogP contribution in [0.25, 0.3) is 0 Å². The van der Waals surface area contributed by atoms with Gasteiger partial charge in [-0.3, -0.25) is 4.57 Å². The maximum absolute atomic E-state index is 13.6. The van der Waals surface area contributed by atoms with Crippen LogP contribution in [0.4, 0.5) is 8.78 Å². The number of alkyl halides is 2. The van der Waals surface area contributed by atoms with Gasteiger partial charge in [0.25, 0.3) is 5.92 Å². The summed E-state index contributed by atoms with van der Waals surface area (Å²) < 4.78 is 56.2. The van der Waals surface area contributed by atoms with Gasteiger partial charge in [-0.2, -0.15) is 0 Å². The molecule has 0 radical (unpaired) electrons. The van der Waals surface area contributed by atoms with E-state index in [1.165, 1.54) is 6.07 Å². The molecule has 1 saturated carbocycles. The number of fused-ring (bicyclic) bond motifs is 1. The molecule has 0 amide bonds. The van der Waals surface area contributed by atoms with Crippen LogP contribution in [0.5, 0.6) is 11.5 Å². The van der Waals surface area contributed by atoms with Crippen molar-refractivity contribution in [1.82, 2.24) is 0 Å². The number of rotatable bonds is 9. The van der Waals surface area contributed by atoms with Gasteiger partial charge < -0.3 is 18.9 Å². The van der Waals surface area contributed by atoms with Crippen LogP contribution in [0.1, 0.15) is 66.3 Å². The van der Waals surface area contributed by atoms with Crippen molar-refractivity contribution in [2.24, 2.45) is 0 Å². The molecule has 1 fully saturated rings. The zero-order valence-electron chi connectivity index (χ0n) is 18.6. The summed E-state index contributed by atoms with van der Waals surface area (Å²) in [5.41, 5.74) is 4.58. The number of phenols is 1. The molecule has 5 nitrogen and oxygen atoms in total. The van der Waals surface area contributed by atoms with Crippen molar-refractivity contribution >= 4 is 7.60 Å². The third-order valence-corrected chi connectivity index (χ3v) is 7.94. The lowest BCUT2D eigenvalue weighted by Gasteiger charge is -2.19. The van der Waals surface area contributed by atoms with Gasteiger partial charge in [0.2, 0.25) is 0 Å². The molecule has 0 aliphatic heterocycles. The Kier molecular flexibility index (Phi) is 6.36. The molecular weight excluding hydrogens is 437 g/mol. The molecule has 0 spiro atoms. The summed E-state index contributed by atoms with van der Waals surface area (Å²) in [6, 6.07) is 8.94. The predicted molar refractivity (Wildman–Crippen MR) is 118 cm³/mol. The van der Waals surface area contributed by atoms with Crippen molar-refractivity contribution in [3.05, 3.63) is 58.1 Å². The molecule has 2 aromatic rings. The molecule has 2 aromatic carbocycles. The average molecular weight is 466 g/mol. The van der Waals surface area contributed by atoms with Crippen LogP contribution in [0.15, 0.2) is 30.3 Å². The quantitative estimate of drug-likeness (QED) is 0.427. The number of hydrogen-bond acceptors (Lipinski definition) is 5. The minimum absolute atomic E-state index is 0.0670. The van der Waals surface area contributed by atoms with Gasteiger partial charge in [0.1, 0.15) is 11.5 Å². The summed E-state index contributed by atoms with van der Waals surface area (Å²) in [7, 11) is -3.31. The summed E-state index contributed by atoms with van der Waals surface area (Å²) in [6.07, 6.45) is 1.30. The molecule has 0 bridgehead atoms. The van der Waals surface area contributed by atoms with E-state index in [1.807, 2.05) is 25.1 Å². The lowest BCUT2D eigenvalue weighted by molar-refractivity contribution is 0.111. The first-order chi connectivity index (χ1) is 15.2. The predicted octanol–water partition coefficient (Wildman–Crippen LogP) is 6.50. The van der Waals surface area contributed by atoms with Crippen molar-refractivity contribution in [1.29, 1.82) is 0 Å². The van der Waals surface area contributed by atoms with Crippen LogP contribution in [0.2, 0.25) is 0 Å². The summed E-state index contributed by atoms with van der Waals surface area (Å²) in [4.78, 5) is 0. The number of hydrogen-bond donors (Lipinski definition) is 1. The van der Waals surface area contributed by atoms with E-state index in [-0.39, 0.29) is 37.6 Å². The number of ether oxygens (including phenoxy) is 1. The number of aryl methyl sites for hydroxylation is 2. The maximum Gasteiger partial charge on any atom is 0.367 e. The second-order valence-electron chi connectivity index (χ2n) is 8.46. The Labute approximate surface area is 187 Å². The van der Waals surface area contributed by atoms with Crippen LogP contribution in [-0.2, 0) is 20.0 Å². The fourth-order valence-electron chi connectivity index (χ4n) is 4.68. The van der Waals surface area contributed by atoms with E-state index in [4.69, 9.17) is 13.8 Å². The van der Waals surface area contributed by atoms with Crippen molar-refractivity contribution < 1.29 is 32.2 Å². The lowest BCUT2D eigenvalue weighted by atomic mass is 9.88. The van der Waals surface area contributed by atoms with Crippen LogP contribution in [-0.4, -0.2) is 30.6 Å². The second-order valence-corrected chi connectivity index (χ2v) is 10.5. The fraction of sp³-hybridized carbons (Fsp3) is 0.500. The monoisotopic (exact) mass is 466 g/mol. The molecule has 2 aliphatic rings. The molecule has 0 heterocycles.